The van der Waals surface area contributed by atoms with Crippen molar-refractivity contribution in [3.05, 3.63) is 57.3 Å². The van der Waals surface area contributed by atoms with Crippen LogP contribution in [0, 0.1) is 6.92 Å². The molecule has 0 saturated carbocycles. The van der Waals surface area contributed by atoms with E-state index < -0.39 is 0 Å². The van der Waals surface area contributed by atoms with Crippen molar-refractivity contribution in [3.8, 4) is 0 Å². The second-order valence-corrected chi connectivity index (χ2v) is 5.14. The molecule has 0 spiro atoms. The summed E-state index contributed by atoms with van der Waals surface area (Å²) in [6.45, 7) is 2.78. The highest BCUT2D eigenvalue weighted by molar-refractivity contribution is 9.10. The lowest BCUT2D eigenvalue weighted by atomic mass is 10.2. The fourth-order valence-electron chi connectivity index (χ4n) is 1.54. The second kappa shape index (κ2) is 5.52. The second-order valence-electron chi connectivity index (χ2n) is 3.85. The SMILES string of the molecule is Cc1cncc(CNc2ccc(Cl)cc2Br)c1. The lowest BCUT2D eigenvalue weighted by molar-refractivity contribution is 1.10. The standard InChI is InChI=1S/C13H12BrClN2/c1-9-4-10(7-16-6-9)8-17-13-3-2-11(15)5-12(13)14/h2-7,17H,8H2,1H3. The van der Waals surface area contributed by atoms with Crippen LogP contribution in [0.3, 0.4) is 0 Å². The highest BCUT2D eigenvalue weighted by atomic mass is 79.9. The predicted molar refractivity (Wildman–Crippen MR) is 75.5 cm³/mol. The van der Waals surface area contributed by atoms with Crippen molar-refractivity contribution in [2.75, 3.05) is 5.32 Å². The Balaban J connectivity index is 2.07. The van der Waals surface area contributed by atoms with Crippen LogP contribution in [0.5, 0.6) is 0 Å². The molecule has 2 nitrogen and oxygen atoms in total. The van der Waals surface area contributed by atoms with Gasteiger partial charge in [-0.1, -0.05) is 17.7 Å². The van der Waals surface area contributed by atoms with Crippen molar-refractivity contribution < 1.29 is 0 Å². The molecule has 0 saturated heterocycles. The molecule has 0 aliphatic rings. The zero-order valence-electron chi connectivity index (χ0n) is 9.37. The number of nitrogens with zero attached hydrogens (tertiary/aromatic N) is 1. The summed E-state index contributed by atoms with van der Waals surface area (Å²) >= 11 is 9.36. The van der Waals surface area contributed by atoms with Crippen LogP contribution < -0.4 is 5.32 Å². The summed E-state index contributed by atoms with van der Waals surface area (Å²) in [5.41, 5.74) is 3.35. The molecule has 2 rings (SSSR count). The Morgan fingerprint density at radius 1 is 1.29 bits per heavy atom. The van der Waals surface area contributed by atoms with Crippen molar-refractivity contribution in [1.82, 2.24) is 4.98 Å². The van der Waals surface area contributed by atoms with Crippen molar-refractivity contribution in [2.24, 2.45) is 0 Å². The van der Waals surface area contributed by atoms with E-state index in [4.69, 9.17) is 11.6 Å². The molecule has 0 radical (unpaired) electrons. The number of aromatic nitrogens is 1. The molecule has 0 aliphatic heterocycles. The van der Waals surface area contributed by atoms with Gasteiger partial charge >= 0.3 is 0 Å². The summed E-state index contributed by atoms with van der Waals surface area (Å²) in [6.07, 6.45) is 3.71. The van der Waals surface area contributed by atoms with Gasteiger partial charge in [-0.15, -0.1) is 0 Å². The molecular formula is C13H12BrClN2. The van der Waals surface area contributed by atoms with Crippen molar-refractivity contribution in [1.29, 1.82) is 0 Å². The Kier molecular flexibility index (Phi) is 4.02. The van der Waals surface area contributed by atoms with Gasteiger partial charge in [0.15, 0.2) is 0 Å². The van der Waals surface area contributed by atoms with Gasteiger partial charge in [-0.25, -0.2) is 0 Å². The van der Waals surface area contributed by atoms with Crippen LogP contribution in [-0.4, -0.2) is 4.98 Å². The summed E-state index contributed by atoms with van der Waals surface area (Å²) in [4.78, 5) is 4.16. The average molecular weight is 312 g/mol. The van der Waals surface area contributed by atoms with Crippen LogP contribution in [-0.2, 0) is 6.54 Å². The molecule has 0 atom stereocenters. The fourth-order valence-corrected chi connectivity index (χ4v) is 2.37. The van der Waals surface area contributed by atoms with Gasteiger partial charge in [0.05, 0.1) is 0 Å². The number of aryl methyl sites for hydroxylation is 1. The smallest absolute Gasteiger partial charge is 0.0488 e. The number of anilines is 1. The first-order valence-electron chi connectivity index (χ1n) is 5.24. The van der Waals surface area contributed by atoms with E-state index in [1.165, 1.54) is 5.56 Å². The number of benzene rings is 1. The zero-order chi connectivity index (χ0) is 12.3. The van der Waals surface area contributed by atoms with Crippen LogP contribution >= 0.6 is 27.5 Å². The van der Waals surface area contributed by atoms with Crippen LogP contribution in [0.2, 0.25) is 5.02 Å². The predicted octanol–water partition coefficient (Wildman–Crippen LogP) is 4.42. The minimum absolute atomic E-state index is 0.722. The first kappa shape index (κ1) is 12.4. The molecule has 2 aromatic rings. The van der Waals surface area contributed by atoms with E-state index in [2.05, 4.69) is 32.3 Å². The molecule has 1 N–H and O–H groups in total. The van der Waals surface area contributed by atoms with E-state index in [-0.39, 0.29) is 0 Å². The molecule has 0 aliphatic carbocycles. The molecule has 88 valence electrons. The molecule has 1 aromatic heterocycles. The Labute approximate surface area is 114 Å². The first-order chi connectivity index (χ1) is 8.15. The maximum atomic E-state index is 5.89. The Hall–Kier alpha value is -1.06. The zero-order valence-corrected chi connectivity index (χ0v) is 11.7. The minimum atomic E-state index is 0.722. The van der Waals surface area contributed by atoms with E-state index in [1.807, 2.05) is 37.5 Å². The molecule has 0 bridgehead atoms. The number of nitrogens with one attached hydrogen (secondary N) is 1. The van der Waals surface area contributed by atoms with Gasteiger partial charge in [-0.3, -0.25) is 4.98 Å². The van der Waals surface area contributed by atoms with E-state index >= 15 is 0 Å². The van der Waals surface area contributed by atoms with Crippen molar-refractivity contribution >= 4 is 33.2 Å². The largest absolute Gasteiger partial charge is 0.380 e. The third-order valence-electron chi connectivity index (χ3n) is 2.35. The molecule has 4 heteroatoms. The summed E-state index contributed by atoms with van der Waals surface area (Å²) in [5.74, 6) is 0. The van der Waals surface area contributed by atoms with E-state index in [0.29, 0.717) is 0 Å². The number of rotatable bonds is 3. The van der Waals surface area contributed by atoms with Gasteiger partial charge in [0.2, 0.25) is 0 Å². The number of halogens is 2. The van der Waals surface area contributed by atoms with E-state index in [1.54, 1.807) is 0 Å². The van der Waals surface area contributed by atoms with Crippen LogP contribution in [0.4, 0.5) is 5.69 Å². The molecule has 1 aromatic carbocycles. The number of pyridine rings is 1. The maximum absolute atomic E-state index is 5.89. The number of hydrogen-bond donors (Lipinski definition) is 1. The van der Waals surface area contributed by atoms with Crippen molar-refractivity contribution in [3.63, 3.8) is 0 Å². The topological polar surface area (TPSA) is 24.9 Å². The van der Waals surface area contributed by atoms with Gasteiger partial charge in [0.25, 0.3) is 0 Å². The molecule has 17 heavy (non-hydrogen) atoms. The lowest BCUT2D eigenvalue weighted by Gasteiger charge is -2.09. The van der Waals surface area contributed by atoms with E-state index in [0.717, 1.165) is 27.3 Å². The molecule has 1 heterocycles. The molecule has 0 unspecified atom stereocenters. The summed E-state index contributed by atoms with van der Waals surface area (Å²) < 4.78 is 0.964. The Bertz CT molecular complexity index is 529. The van der Waals surface area contributed by atoms with Gasteiger partial charge in [-0.2, -0.15) is 0 Å². The third kappa shape index (κ3) is 3.45. The average Bonchev–Trinajstić information content (AvgIpc) is 2.28. The maximum Gasteiger partial charge on any atom is 0.0488 e. The summed E-state index contributed by atoms with van der Waals surface area (Å²) in [5, 5.41) is 4.06. The van der Waals surface area contributed by atoms with Gasteiger partial charge < -0.3 is 5.32 Å². The summed E-state index contributed by atoms with van der Waals surface area (Å²) in [7, 11) is 0. The lowest BCUT2D eigenvalue weighted by Crippen LogP contribution is -2.00. The number of hydrogen-bond acceptors (Lipinski definition) is 2. The molecule has 0 fully saturated rings. The highest BCUT2D eigenvalue weighted by Crippen LogP contribution is 2.26. The normalized spacial score (nSPS) is 10.3. The highest BCUT2D eigenvalue weighted by Gasteiger charge is 2.00. The first-order valence-corrected chi connectivity index (χ1v) is 6.42. The van der Waals surface area contributed by atoms with Crippen LogP contribution in [0.1, 0.15) is 11.1 Å². The quantitative estimate of drug-likeness (QED) is 0.907. The Morgan fingerprint density at radius 2 is 2.12 bits per heavy atom. The van der Waals surface area contributed by atoms with Gasteiger partial charge in [-0.05, 0) is 52.2 Å². The summed E-state index contributed by atoms with van der Waals surface area (Å²) in [6, 6.07) is 7.81. The van der Waals surface area contributed by atoms with Crippen LogP contribution in [0.25, 0.3) is 0 Å². The monoisotopic (exact) mass is 310 g/mol. The van der Waals surface area contributed by atoms with Gasteiger partial charge in [0.1, 0.15) is 0 Å². The Morgan fingerprint density at radius 3 is 2.82 bits per heavy atom. The van der Waals surface area contributed by atoms with Gasteiger partial charge in [0, 0.05) is 34.1 Å². The molecular weight excluding hydrogens is 300 g/mol. The third-order valence-corrected chi connectivity index (χ3v) is 3.24. The van der Waals surface area contributed by atoms with Crippen LogP contribution in [0.15, 0.2) is 41.1 Å². The van der Waals surface area contributed by atoms with Crippen molar-refractivity contribution in [2.45, 2.75) is 13.5 Å². The van der Waals surface area contributed by atoms with E-state index in [9.17, 15) is 0 Å². The fraction of sp³-hybridized carbons (Fsp3) is 0.154. The minimum Gasteiger partial charge on any atom is -0.380 e. The molecule has 0 amide bonds.